The topological polar surface area (TPSA) is 119 Å². The van der Waals surface area contributed by atoms with E-state index in [1.54, 1.807) is 6.07 Å². The summed E-state index contributed by atoms with van der Waals surface area (Å²) in [5.74, 6) is 5.71. The molecule has 1 amide bonds. The first-order valence-electron chi connectivity index (χ1n) is 6.12. The molecular formula is C12H16N6O2. The number of anilines is 1. The molecule has 0 aliphatic heterocycles. The van der Waals surface area contributed by atoms with Gasteiger partial charge in [0.05, 0.1) is 18.4 Å². The minimum atomic E-state index is -0.356. The second-order valence-electron chi connectivity index (χ2n) is 4.46. The first kappa shape index (κ1) is 13.9. The van der Waals surface area contributed by atoms with Gasteiger partial charge in [-0.25, -0.2) is 9.97 Å². The molecule has 8 heteroatoms. The van der Waals surface area contributed by atoms with Gasteiger partial charge in [-0.15, -0.1) is 0 Å². The Kier molecular flexibility index (Phi) is 4.26. The number of aromatic nitrogens is 3. The second-order valence-corrected chi connectivity index (χ2v) is 4.46. The van der Waals surface area contributed by atoms with Gasteiger partial charge in [-0.2, -0.15) is 0 Å². The van der Waals surface area contributed by atoms with E-state index in [2.05, 4.69) is 30.4 Å². The van der Waals surface area contributed by atoms with Gasteiger partial charge in [0.2, 0.25) is 0 Å². The molecule has 0 atom stereocenters. The quantitative estimate of drug-likeness (QED) is 0.546. The molecule has 2 heterocycles. The van der Waals surface area contributed by atoms with Crippen LogP contribution in [0, 0.1) is 0 Å². The van der Waals surface area contributed by atoms with Gasteiger partial charge in [0.15, 0.2) is 5.69 Å². The highest BCUT2D eigenvalue weighted by Crippen LogP contribution is 2.15. The number of carbonyl (C=O) groups is 1. The average Bonchev–Trinajstić information content (AvgIpc) is 2.97. The minimum Gasteiger partial charge on any atom is -0.364 e. The lowest BCUT2D eigenvalue weighted by Crippen LogP contribution is -2.27. The van der Waals surface area contributed by atoms with Crippen molar-refractivity contribution in [2.75, 3.05) is 5.43 Å². The number of amides is 1. The fourth-order valence-corrected chi connectivity index (χ4v) is 1.54. The van der Waals surface area contributed by atoms with Crippen LogP contribution in [-0.2, 0) is 6.54 Å². The lowest BCUT2D eigenvalue weighted by molar-refractivity contribution is 0.0945. The van der Waals surface area contributed by atoms with Crippen molar-refractivity contribution in [1.82, 2.24) is 20.4 Å². The molecule has 0 spiro atoms. The molecule has 8 nitrogen and oxygen atoms in total. The van der Waals surface area contributed by atoms with Crippen LogP contribution in [0.25, 0.3) is 0 Å². The molecule has 0 bridgehead atoms. The van der Waals surface area contributed by atoms with E-state index in [1.807, 2.05) is 13.8 Å². The summed E-state index contributed by atoms with van der Waals surface area (Å²) in [6.45, 7) is 4.14. The predicted octanol–water partition coefficient (Wildman–Crippen LogP) is 0.804. The summed E-state index contributed by atoms with van der Waals surface area (Å²) in [4.78, 5) is 20.5. The third kappa shape index (κ3) is 3.09. The number of hydrazine groups is 1. The highest BCUT2D eigenvalue weighted by molar-refractivity contribution is 5.97. The summed E-state index contributed by atoms with van der Waals surface area (Å²) in [5.41, 5.74) is 3.61. The third-order valence-corrected chi connectivity index (χ3v) is 2.62. The second kappa shape index (κ2) is 6.11. The van der Waals surface area contributed by atoms with Gasteiger partial charge in [-0.3, -0.25) is 10.6 Å². The number of nitrogens with one attached hydrogen (secondary N) is 2. The van der Waals surface area contributed by atoms with Crippen LogP contribution >= 0.6 is 0 Å². The van der Waals surface area contributed by atoms with Gasteiger partial charge in [-0.1, -0.05) is 19.0 Å². The van der Waals surface area contributed by atoms with Crippen molar-refractivity contribution in [2.45, 2.75) is 26.3 Å². The van der Waals surface area contributed by atoms with Crippen LogP contribution in [0.1, 0.15) is 41.8 Å². The van der Waals surface area contributed by atoms with Crippen molar-refractivity contribution in [3.8, 4) is 0 Å². The van der Waals surface area contributed by atoms with Crippen LogP contribution in [0.4, 0.5) is 5.69 Å². The molecule has 0 aliphatic rings. The zero-order valence-electron chi connectivity index (χ0n) is 11.3. The Labute approximate surface area is 115 Å². The zero-order valence-corrected chi connectivity index (χ0v) is 11.3. The lowest BCUT2D eigenvalue weighted by atomic mass is 10.2. The number of carbonyl (C=O) groups excluding carboxylic acids is 1. The predicted molar refractivity (Wildman–Crippen MR) is 71.6 cm³/mol. The number of rotatable bonds is 5. The average molecular weight is 276 g/mol. The number of hydrogen-bond acceptors (Lipinski definition) is 7. The first-order valence-corrected chi connectivity index (χ1v) is 6.12. The molecule has 2 aromatic rings. The first-order chi connectivity index (χ1) is 9.61. The Bertz CT molecular complexity index is 582. The van der Waals surface area contributed by atoms with Crippen molar-refractivity contribution in [2.24, 2.45) is 5.84 Å². The van der Waals surface area contributed by atoms with Gasteiger partial charge < -0.3 is 15.3 Å². The SMILES string of the molecule is CC(C)c1ncc(NN)c(C(=O)NCc2ccon2)n1. The van der Waals surface area contributed by atoms with Crippen molar-refractivity contribution in [3.05, 3.63) is 35.7 Å². The van der Waals surface area contributed by atoms with E-state index in [9.17, 15) is 4.79 Å². The van der Waals surface area contributed by atoms with E-state index in [4.69, 9.17) is 5.84 Å². The summed E-state index contributed by atoms with van der Waals surface area (Å²) >= 11 is 0. The highest BCUT2D eigenvalue weighted by Gasteiger charge is 2.16. The number of nitrogen functional groups attached to an aromatic ring is 1. The molecule has 106 valence electrons. The maximum atomic E-state index is 12.1. The van der Waals surface area contributed by atoms with E-state index in [-0.39, 0.29) is 24.1 Å². The van der Waals surface area contributed by atoms with Crippen molar-refractivity contribution < 1.29 is 9.32 Å². The van der Waals surface area contributed by atoms with Crippen LogP contribution in [0.15, 0.2) is 23.0 Å². The molecule has 0 saturated carbocycles. The molecular weight excluding hydrogens is 260 g/mol. The zero-order chi connectivity index (χ0) is 14.5. The number of nitrogens with zero attached hydrogens (tertiary/aromatic N) is 3. The fourth-order valence-electron chi connectivity index (χ4n) is 1.54. The molecule has 2 rings (SSSR count). The minimum absolute atomic E-state index is 0.115. The molecule has 0 fully saturated rings. The molecule has 0 aliphatic carbocycles. The number of nitrogens with two attached hydrogens (primary N) is 1. The summed E-state index contributed by atoms with van der Waals surface area (Å²) < 4.78 is 4.69. The summed E-state index contributed by atoms with van der Waals surface area (Å²) in [5, 5.41) is 6.40. The largest absolute Gasteiger partial charge is 0.364 e. The van der Waals surface area contributed by atoms with Gasteiger partial charge >= 0.3 is 0 Å². The molecule has 0 aromatic carbocycles. The van der Waals surface area contributed by atoms with E-state index >= 15 is 0 Å². The molecule has 4 N–H and O–H groups in total. The van der Waals surface area contributed by atoms with Crippen LogP contribution in [0.2, 0.25) is 0 Å². The Hall–Kier alpha value is -2.48. The van der Waals surface area contributed by atoms with Crippen LogP contribution in [-0.4, -0.2) is 21.0 Å². The van der Waals surface area contributed by atoms with E-state index in [1.165, 1.54) is 12.5 Å². The Morgan fingerprint density at radius 1 is 1.50 bits per heavy atom. The summed E-state index contributed by atoms with van der Waals surface area (Å²) in [6, 6.07) is 1.67. The van der Waals surface area contributed by atoms with Gasteiger partial charge in [0, 0.05) is 12.0 Å². The number of hydrogen-bond donors (Lipinski definition) is 3. The molecule has 0 unspecified atom stereocenters. The lowest BCUT2D eigenvalue weighted by Gasteiger charge is -2.10. The molecule has 0 saturated heterocycles. The van der Waals surface area contributed by atoms with Crippen molar-refractivity contribution in [1.29, 1.82) is 0 Å². The van der Waals surface area contributed by atoms with E-state index in [0.29, 0.717) is 17.2 Å². The summed E-state index contributed by atoms with van der Waals surface area (Å²) in [6.07, 6.45) is 2.93. The fraction of sp³-hybridized carbons (Fsp3) is 0.333. The standard InChI is InChI=1S/C12H16N6O2/c1-7(2)11-14-6-9(17-13)10(16-11)12(19)15-5-8-3-4-20-18-8/h3-4,6-7,17H,5,13H2,1-2H3,(H,15,19). The highest BCUT2D eigenvalue weighted by atomic mass is 16.5. The Balaban J connectivity index is 2.16. The van der Waals surface area contributed by atoms with Gasteiger partial charge in [0.1, 0.15) is 17.8 Å². The van der Waals surface area contributed by atoms with Crippen LogP contribution in [0.5, 0.6) is 0 Å². The molecule has 0 radical (unpaired) electrons. The smallest absolute Gasteiger partial charge is 0.272 e. The molecule has 20 heavy (non-hydrogen) atoms. The van der Waals surface area contributed by atoms with Crippen molar-refractivity contribution >= 4 is 11.6 Å². The normalized spacial score (nSPS) is 10.6. The van der Waals surface area contributed by atoms with Crippen LogP contribution in [0.3, 0.4) is 0 Å². The van der Waals surface area contributed by atoms with Crippen molar-refractivity contribution in [3.63, 3.8) is 0 Å². The Morgan fingerprint density at radius 2 is 2.30 bits per heavy atom. The monoisotopic (exact) mass is 276 g/mol. The Morgan fingerprint density at radius 3 is 2.90 bits per heavy atom. The maximum Gasteiger partial charge on any atom is 0.272 e. The van der Waals surface area contributed by atoms with Gasteiger partial charge in [0.25, 0.3) is 5.91 Å². The third-order valence-electron chi connectivity index (χ3n) is 2.62. The van der Waals surface area contributed by atoms with Crippen LogP contribution < -0.4 is 16.6 Å². The van der Waals surface area contributed by atoms with E-state index < -0.39 is 0 Å². The molecule has 2 aromatic heterocycles. The summed E-state index contributed by atoms with van der Waals surface area (Å²) in [7, 11) is 0. The van der Waals surface area contributed by atoms with Gasteiger partial charge in [-0.05, 0) is 0 Å². The maximum absolute atomic E-state index is 12.1. The van der Waals surface area contributed by atoms with E-state index in [0.717, 1.165) is 0 Å².